The van der Waals surface area contributed by atoms with Crippen LogP contribution in [0, 0.1) is 17.8 Å². The number of hydrogen-bond donors (Lipinski definition) is 2. The fourth-order valence-electron chi connectivity index (χ4n) is 6.30. The van der Waals surface area contributed by atoms with Crippen molar-refractivity contribution in [3.8, 4) is 0 Å². The molecule has 3 aliphatic carbocycles. The van der Waals surface area contributed by atoms with Crippen LogP contribution in [-0.4, -0.2) is 48.6 Å². The molecule has 0 bridgehead atoms. The molecule has 232 valence electrons. The van der Waals surface area contributed by atoms with Gasteiger partial charge in [0.2, 0.25) is 17.8 Å². The second-order valence-corrected chi connectivity index (χ2v) is 12.8. The Balaban J connectivity index is 1.23. The van der Waals surface area contributed by atoms with Gasteiger partial charge in [-0.25, -0.2) is 31.7 Å². The number of imidazole rings is 1. The van der Waals surface area contributed by atoms with Crippen LogP contribution in [0.4, 0.5) is 17.6 Å². The number of fused-ring (bicyclic) bond motifs is 1. The summed E-state index contributed by atoms with van der Waals surface area (Å²) in [6, 6.07) is 0.667. The van der Waals surface area contributed by atoms with Crippen LogP contribution in [0.2, 0.25) is 0 Å². The topological polar surface area (TPSA) is 127 Å². The van der Waals surface area contributed by atoms with E-state index in [1.165, 1.54) is 0 Å². The smallest absolute Gasteiger partial charge is 0.276 e. The van der Waals surface area contributed by atoms with E-state index < -0.39 is 29.8 Å². The number of halogens is 4. The summed E-state index contributed by atoms with van der Waals surface area (Å²) in [5.41, 5.74) is 2.20. The van der Waals surface area contributed by atoms with Crippen LogP contribution in [-0.2, 0) is 4.79 Å². The van der Waals surface area contributed by atoms with E-state index in [1.807, 2.05) is 13.8 Å². The Morgan fingerprint density at radius 1 is 1.05 bits per heavy atom. The fourth-order valence-corrected chi connectivity index (χ4v) is 6.30. The highest BCUT2D eigenvalue weighted by Crippen LogP contribution is 2.45. The average Bonchev–Trinajstić information content (AvgIpc) is 3.48. The number of carbonyl (C=O) groups is 2. The molecule has 3 heterocycles. The molecule has 14 heteroatoms. The molecule has 0 radical (unpaired) electrons. The van der Waals surface area contributed by atoms with Crippen LogP contribution in [0.5, 0.6) is 0 Å². The van der Waals surface area contributed by atoms with Gasteiger partial charge in [-0.2, -0.15) is 5.10 Å². The predicted molar refractivity (Wildman–Crippen MR) is 144 cm³/mol. The molecule has 2 N–H and O–H groups in total. The number of hydrogen-bond acceptors (Lipinski definition) is 7. The summed E-state index contributed by atoms with van der Waals surface area (Å²) >= 11 is 0. The van der Waals surface area contributed by atoms with E-state index in [9.17, 15) is 27.2 Å². The quantitative estimate of drug-likeness (QED) is 0.291. The van der Waals surface area contributed by atoms with Crippen molar-refractivity contribution >= 4 is 17.5 Å². The molecule has 3 fully saturated rings. The van der Waals surface area contributed by atoms with Gasteiger partial charge in [-0.05, 0) is 60.2 Å². The van der Waals surface area contributed by atoms with Gasteiger partial charge in [0.15, 0.2) is 11.3 Å². The van der Waals surface area contributed by atoms with Gasteiger partial charge in [-0.15, -0.1) is 0 Å². The van der Waals surface area contributed by atoms with Gasteiger partial charge < -0.3 is 10.6 Å². The van der Waals surface area contributed by atoms with Gasteiger partial charge in [0, 0.05) is 38.0 Å². The first-order valence-electron chi connectivity index (χ1n) is 14.9. The first-order valence-corrected chi connectivity index (χ1v) is 14.9. The van der Waals surface area contributed by atoms with Crippen molar-refractivity contribution in [2.24, 2.45) is 17.8 Å². The SMILES string of the molecule is CC(C)C(NC(=O)CC1CC(F)(F)C1)c1cnn2cc([C@@H](NC(=O)c3nonc3C3CC3)C3CCC(F)(F)CC3)nc2c1. The Kier molecular flexibility index (Phi) is 7.66. The Labute approximate surface area is 245 Å². The molecule has 0 aromatic carbocycles. The molecule has 0 aliphatic heterocycles. The first kappa shape index (κ1) is 29.5. The monoisotopic (exact) mass is 605 g/mol. The molecular formula is C29H35F4N7O3. The van der Waals surface area contributed by atoms with E-state index in [1.54, 1.807) is 23.0 Å². The van der Waals surface area contributed by atoms with Crippen molar-refractivity contribution in [3.05, 3.63) is 41.1 Å². The molecule has 3 aromatic heterocycles. The predicted octanol–water partition coefficient (Wildman–Crippen LogP) is 5.54. The Morgan fingerprint density at radius 3 is 2.42 bits per heavy atom. The van der Waals surface area contributed by atoms with Crippen LogP contribution in [0.3, 0.4) is 0 Å². The number of alkyl halides is 4. The van der Waals surface area contributed by atoms with Crippen molar-refractivity contribution in [1.29, 1.82) is 0 Å². The Bertz CT molecular complexity index is 1480. The lowest BCUT2D eigenvalue weighted by atomic mass is 9.79. The minimum Gasteiger partial charge on any atom is -0.349 e. The number of carbonyl (C=O) groups excluding carboxylic acids is 2. The highest BCUT2D eigenvalue weighted by Gasteiger charge is 2.46. The zero-order chi connectivity index (χ0) is 30.5. The zero-order valence-electron chi connectivity index (χ0n) is 24.0. The third-order valence-corrected chi connectivity index (χ3v) is 8.88. The standard InChI is InChI=1S/C29H35F4N7O3/c1-15(2)23(36-22(41)9-16-11-29(32,33)12-16)19-10-21-35-20(14-40(21)34-13-19)24(18-5-7-28(30,31)8-6-18)37-27(42)26-25(17-3-4-17)38-43-39-26/h10,13-18,23-24H,3-9,11-12H2,1-2H3,(H,36,41)(H,37,42)/t23?,24-/m0/s1. The third kappa shape index (κ3) is 6.52. The van der Waals surface area contributed by atoms with Crippen LogP contribution < -0.4 is 10.6 Å². The normalized spacial score (nSPS) is 21.8. The minimum absolute atomic E-state index is 0.0295. The van der Waals surface area contributed by atoms with Crippen molar-refractivity contribution in [2.75, 3.05) is 0 Å². The Hall–Kier alpha value is -3.58. The van der Waals surface area contributed by atoms with Crippen LogP contribution in [0.15, 0.2) is 23.1 Å². The summed E-state index contributed by atoms with van der Waals surface area (Å²) in [5.74, 6) is -6.75. The molecule has 2 amide bonds. The van der Waals surface area contributed by atoms with Crippen LogP contribution >= 0.6 is 0 Å². The maximum Gasteiger partial charge on any atom is 0.276 e. The summed E-state index contributed by atoms with van der Waals surface area (Å²) in [7, 11) is 0. The largest absolute Gasteiger partial charge is 0.349 e. The maximum absolute atomic E-state index is 14.0. The van der Waals surface area contributed by atoms with Crippen molar-refractivity contribution in [3.63, 3.8) is 0 Å². The summed E-state index contributed by atoms with van der Waals surface area (Å²) in [5, 5.41) is 18.1. The summed E-state index contributed by atoms with van der Waals surface area (Å²) in [4.78, 5) is 30.8. The molecule has 3 aliphatic rings. The van der Waals surface area contributed by atoms with Gasteiger partial charge in [0.05, 0.1) is 30.2 Å². The van der Waals surface area contributed by atoms with E-state index in [0.29, 0.717) is 22.6 Å². The molecule has 3 saturated carbocycles. The molecule has 43 heavy (non-hydrogen) atoms. The number of nitrogens with one attached hydrogen (secondary N) is 2. The van der Waals surface area contributed by atoms with Gasteiger partial charge in [-0.3, -0.25) is 9.59 Å². The number of nitrogens with zero attached hydrogens (tertiary/aromatic N) is 5. The second-order valence-electron chi connectivity index (χ2n) is 12.8. The highest BCUT2D eigenvalue weighted by molar-refractivity contribution is 5.93. The summed E-state index contributed by atoms with van der Waals surface area (Å²) in [6.45, 7) is 3.87. The molecule has 6 rings (SSSR count). The van der Waals surface area contributed by atoms with Gasteiger partial charge in [-0.1, -0.05) is 19.0 Å². The lowest BCUT2D eigenvalue weighted by molar-refractivity contribution is -0.134. The lowest BCUT2D eigenvalue weighted by Crippen LogP contribution is -2.40. The number of rotatable bonds is 10. The van der Waals surface area contributed by atoms with Crippen LogP contribution in [0.25, 0.3) is 5.65 Å². The molecule has 10 nitrogen and oxygen atoms in total. The summed E-state index contributed by atoms with van der Waals surface area (Å²) < 4.78 is 60.9. The molecule has 0 saturated heterocycles. The van der Waals surface area contributed by atoms with E-state index >= 15 is 0 Å². The van der Waals surface area contributed by atoms with Crippen molar-refractivity contribution < 1.29 is 31.8 Å². The molecule has 1 unspecified atom stereocenters. The van der Waals surface area contributed by atoms with Gasteiger partial charge in [0.25, 0.3) is 5.91 Å². The van der Waals surface area contributed by atoms with E-state index in [4.69, 9.17) is 9.61 Å². The minimum atomic E-state index is -2.74. The van der Waals surface area contributed by atoms with Gasteiger partial charge >= 0.3 is 0 Å². The highest BCUT2D eigenvalue weighted by atomic mass is 19.3. The summed E-state index contributed by atoms with van der Waals surface area (Å²) in [6.07, 6.45) is 4.38. The van der Waals surface area contributed by atoms with Crippen molar-refractivity contribution in [1.82, 2.24) is 35.5 Å². The first-order chi connectivity index (χ1) is 20.4. The maximum atomic E-state index is 14.0. The van der Waals surface area contributed by atoms with Crippen LogP contribution in [0.1, 0.15) is 117 Å². The Morgan fingerprint density at radius 2 is 1.77 bits per heavy atom. The fraction of sp³-hybridized carbons (Fsp3) is 0.655. The zero-order valence-corrected chi connectivity index (χ0v) is 24.0. The lowest BCUT2D eigenvalue weighted by Gasteiger charge is -2.35. The van der Waals surface area contributed by atoms with Crippen molar-refractivity contribution in [2.45, 2.75) is 101 Å². The number of amides is 2. The number of aromatic nitrogens is 5. The van der Waals surface area contributed by atoms with E-state index in [0.717, 1.165) is 12.8 Å². The molecule has 2 atom stereocenters. The van der Waals surface area contributed by atoms with E-state index in [2.05, 4.69) is 26.0 Å². The molecular weight excluding hydrogens is 570 g/mol. The third-order valence-electron chi connectivity index (χ3n) is 8.88. The average molecular weight is 606 g/mol. The van der Waals surface area contributed by atoms with E-state index in [-0.39, 0.29) is 80.2 Å². The molecule has 0 spiro atoms. The molecule has 3 aromatic rings. The van der Waals surface area contributed by atoms with Gasteiger partial charge in [0.1, 0.15) is 5.69 Å². The second kappa shape index (κ2) is 11.2.